The molecule has 2 aromatic heterocycles. The Morgan fingerprint density at radius 1 is 1.28 bits per heavy atom. The van der Waals surface area contributed by atoms with Gasteiger partial charge >= 0.3 is 0 Å². The van der Waals surface area contributed by atoms with Gasteiger partial charge < -0.3 is 10.1 Å². The zero-order chi connectivity index (χ0) is 12.8. The van der Waals surface area contributed by atoms with E-state index in [-0.39, 0.29) is 6.10 Å². The lowest BCUT2D eigenvalue weighted by atomic mass is 10.4. The van der Waals surface area contributed by atoms with Gasteiger partial charge in [-0.25, -0.2) is 4.98 Å². The van der Waals surface area contributed by atoms with Crippen molar-refractivity contribution in [1.29, 1.82) is 0 Å². The van der Waals surface area contributed by atoms with E-state index in [1.54, 1.807) is 18.5 Å². The van der Waals surface area contributed by atoms with Crippen LogP contribution in [0, 0.1) is 0 Å². The number of rotatable bonds is 5. The molecule has 94 valence electrons. The summed E-state index contributed by atoms with van der Waals surface area (Å²) in [5, 5.41) is 10.8. The van der Waals surface area contributed by atoms with Gasteiger partial charge in [-0.2, -0.15) is 15.2 Å². The Morgan fingerprint density at radius 2 is 2.17 bits per heavy atom. The lowest BCUT2D eigenvalue weighted by Gasteiger charge is -2.09. The van der Waals surface area contributed by atoms with Crippen LogP contribution >= 0.6 is 0 Å². The summed E-state index contributed by atoms with van der Waals surface area (Å²) >= 11 is 0. The molecular weight excluding hydrogens is 230 g/mol. The van der Waals surface area contributed by atoms with E-state index < -0.39 is 0 Å². The Hall–Kier alpha value is -2.24. The summed E-state index contributed by atoms with van der Waals surface area (Å²) in [5.41, 5.74) is 0.830. The van der Waals surface area contributed by atoms with Gasteiger partial charge in [0.15, 0.2) is 0 Å². The van der Waals surface area contributed by atoms with Crippen LogP contribution < -0.4 is 10.1 Å². The molecule has 0 fully saturated rings. The number of ether oxygens (including phenoxy) is 1. The first kappa shape index (κ1) is 12.2. The average Bonchev–Trinajstić information content (AvgIpc) is 2.37. The van der Waals surface area contributed by atoms with Crippen molar-refractivity contribution in [1.82, 2.24) is 20.2 Å². The molecule has 0 radical (unpaired) electrons. The maximum atomic E-state index is 5.49. The van der Waals surface area contributed by atoms with Crippen LogP contribution in [-0.4, -0.2) is 26.3 Å². The molecule has 0 aromatic carbocycles. The van der Waals surface area contributed by atoms with E-state index in [2.05, 4.69) is 25.5 Å². The van der Waals surface area contributed by atoms with Gasteiger partial charge in [0.05, 0.1) is 18.3 Å². The molecule has 1 N–H and O–H groups in total. The van der Waals surface area contributed by atoms with Crippen LogP contribution in [0.2, 0.25) is 0 Å². The molecule has 0 saturated carbocycles. The van der Waals surface area contributed by atoms with Gasteiger partial charge in [0.1, 0.15) is 0 Å². The Bertz CT molecular complexity index is 489. The van der Waals surface area contributed by atoms with Crippen LogP contribution in [0.25, 0.3) is 0 Å². The smallest absolute Gasteiger partial charge is 0.226 e. The molecule has 0 atom stereocenters. The summed E-state index contributed by atoms with van der Waals surface area (Å²) < 4.78 is 5.49. The van der Waals surface area contributed by atoms with Gasteiger partial charge in [-0.05, 0) is 26.0 Å². The lowest BCUT2D eigenvalue weighted by Crippen LogP contribution is -2.09. The maximum absolute atomic E-state index is 5.49. The third kappa shape index (κ3) is 3.65. The van der Waals surface area contributed by atoms with Gasteiger partial charge in [0, 0.05) is 18.5 Å². The van der Waals surface area contributed by atoms with E-state index >= 15 is 0 Å². The van der Waals surface area contributed by atoms with Crippen molar-refractivity contribution in [3.8, 4) is 5.88 Å². The predicted molar refractivity (Wildman–Crippen MR) is 67.2 cm³/mol. The average molecular weight is 245 g/mol. The highest BCUT2D eigenvalue weighted by atomic mass is 16.5. The van der Waals surface area contributed by atoms with E-state index in [0.29, 0.717) is 18.4 Å². The molecule has 2 aromatic rings. The second-order valence-corrected chi connectivity index (χ2v) is 3.95. The lowest BCUT2D eigenvalue weighted by molar-refractivity contribution is 0.232. The molecule has 0 aliphatic carbocycles. The van der Waals surface area contributed by atoms with Gasteiger partial charge in [0.25, 0.3) is 0 Å². The van der Waals surface area contributed by atoms with Crippen LogP contribution in [0.3, 0.4) is 0 Å². The second kappa shape index (κ2) is 5.90. The summed E-state index contributed by atoms with van der Waals surface area (Å²) in [6.45, 7) is 4.43. The van der Waals surface area contributed by atoms with E-state index in [9.17, 15) is 0 Å². The van der Waals surface area contributed by atoms with Crippen molar-refractivity contribution < 1.29 is 4.74 Å². The minimum Gasteiger partial charge on any atom is -0.475 e. The van der Waals surface area contributed by atoms with Crippen molar-refractivity contribution in [3.63, 3.8) is 0 Å². The first-order chi connectivity index (χ1) is 8.74. The standard InChI is InChI=1S/C12H15N5O/c1-9(2)18-11-5-7-13-12(16-11)14-8-10-4-3-6-15-17-10/h3-7,9H,8H2,1-2H3,(H,13,14,16). The molecule has 18 heavy (non-hydrogen) atoms. The molecule has 6 nitrogen and oxygen atoms in total. The van der Waals surface area contributed by atoms with Gasteiger partial charge in [-0.1, -0.05) is 0 Å². The molecule has 0 saturated heterocycles. The SMILES string of the molecule is CC(C)Oc1ccnc(NCc2cccnn2)n1. The summed E-state index contributed by atoms with van der Waals surface area (Å²) in [6, 6.07) is 5.45. The Kier molecular flexibility index (Phi) is 4.01. The normalized spacial score (nSPS) is 10.4. The topological polar surface area (TPSA) is 72.8 Å². The fourth-order valence-electron chi connectivity index (χ4n) is 1.33. The van der Waals surface area contributed by atoms with Crippen molar-refractivity contribution >= 4 is 5.95 Å². The quantitative estimate of drug-likeness (QED) is 0.863. The molecule has 0 unspecified atom stereocenters. The fraction of sp³-hybridized carbons (Fsp3) is 0.333. The van der Waals surface area contributed by atoms with Crippen LogP contribution in [0.5, 0.6) is 5.88 Å². The second-order valence-electron chi connectivity index (χ2n) is 3.95. The summed E-state index contributed by atoms with van der Waals surface area (Å²) in [4.78, 5) is 8.35. The highest BCUT2D eigenvalue weighted by molar-refractivity contribution is 5.28. The first-order valence-corrected chi connectivity index (χ1v) is 5.74. The molecule has 0 spiro atoms. The number of anilines is 1. The van der Waals surface area contributed by atoms with E-state index in [4.69, 9.17) is 4.74 Å². The third-order valence-corrected chi connectivity index (χ3v) is 2.04. The van der Waals surface area contributed by atoms with Crippen LogP contribution in [0.15, 0.2) is 30.6 Å². The van der Waals surface area contributed by atoms with Crippen LogP contribution in [-0.2, 0) is 6.54 Å². The number of nitrogens with one attached hydrogen (secondary N) is 1. The predicted octanol–water partition coefficient (Wildman–Crippen LogP) is 1.67. The van der Waals surface area contributed by atoms with E-state index in [1.807, 2.05) is 26.0 Å². The minimum absolute atomic E-state index is 0.0905. The van der Waals surface area contributed by atoms with Crippen molar-refractivity contribution in [2.45, 2.75) is 26.5 Å². The summed E-state index contributed by atoms with van der Waals surface area (Å²) in [5.74, 6) is 1.07. The fourth-order valence-corrected chi connectivity index (χ4v) is 1.33. The van der Waals surface area contributed by atoms with E-state index in [0.717, 1.165) is 5.69 Å². The zero-order valence-corrected chi connectivity index (χ0v) is 10.4. The zero-order valence-electron chi connectivity index (χ0n) is 10.4. The van der Waals surface area contributed by atoms with Crippen LogP contribution in [0.4, 0.5) is 5.95 Å². The van der Waals surface area contributed by atoms with E-state index in [1.165, 1.54) is 0 Å². The molecule has 6 heteroatoms. The number of hydrogen-bond acceptors (Lipinski definition) is 6. The maximum Gasteiger partial charge on any atom is 0.226 e. The highest BCUT2D eigenvalue weighted by Crippen LogP contribution is 2.10. The Balaban J connectivity index is 1.97. The molecule has 2 rings (SSSR count). The van der Waals surface area contributed by atoms with Crippen LogP contribution in [0.1, 0.15) is 19.5 Å². The molecule has 2 heterocycles. The summed E-state index contributed by atoms with van der Waals surface area (Å²) in [6.07, 6.45) is 3.38. The summed E-state index contributed by atoms with van der Waals surface area (Å²) in [7, 11) is 0. The molecule has 0 bridgehead atoms. The third-order valence-electron chi connectivity index (χ3n) is 2.04. The van der Waals surface area contributed by atoms with Crippen molar-refractivity contribution in [2.75, 3.05) is 5.32 Å². The number of aromatic nitrogens is 4. The minimum atomic E-state index is 0.0905. The number of nitrogens with zero attached hydrogens (tertiary/aromatic N) is 4. The van der Waals surface area contributed by atoms with Gasteiger partial charge in [0.2, 0.25) is 11.8 Å². The largest absolute Gasteiger partial charge is 0.475 e. The Labute approximate surface area is 105 Å². The highest BCUT2D eigenvalue weighted by Gasteiger charge is 2.02. The first-order valence-electron chi connectivity index (χ1n) is 5.74. The van der Waals surface area contributed by atoms with Gasteiger partial charge in [-0.3, -0.25) is 0 Å². The molecule has 0 aliphatic heterocycles. The van der Waals surface area contributed by atoms with Crippen molar-refractivity contribution in [2.24, 2.45) is 0 Å². The monoisotopic (exact) mass is 245 g/mol. The molecular formula is C12H15N5O. The molecule has 0 amide bonds. The Morgan fingerprint density at radius 3 is 2.89 bits per heavy atom. The molecule has 0 aliphatic rings. The van der Waals surface area contributed by atoms with Gasteiger partial charge in [-0.15, -0.1) is 0 Å². The number of hydrogen-bond donors (Lipinski definition) is 1. The van der Waals surface area contributed by atoms with Crippen molar-refractivity contribution in [3.05, 3.63) is 36.3 Å².